The van der Waals surface area contributed by atoms with E-state index in [0.717, 1.165) is 6.42 Å². The average molecular weight is 333 g/mol. The van der Waals surface area contributed by atoms with Crippen LogP contribution in [0.3, 0.4) is 0 Å². The van der Waals surface area contributed by atoms with Gasteiger partial charge in [0.05, 0.1) is 23.0 Å². The summed E-state index contributed by atoms with van der Waals surface area (Å²) in [7, 11) is -1.21. The summed E-state index contributed by atoms with van der Waals surface area (Å²) in [5, 5.41) is 6.29. The van der Waals surface area contributed by atoms with E-state index >= 15 is 0 Å². The average Bonchev–Trinajstić information content (AvgIpc) is 2.55. The zero-order valence-electron chi connectivity index (χ0n) is 12.8. The standard InChI is InChI=1S/C15H19N5O2S/c1-22-13-10-18-15-19-11-5-4-6-12(9-11)23(16,21)8-3-2-7-17-14(13)20-15/h4-6,9-10,16H,2-3,7-8H2,1H3,(H2,17,18,19,20). The fourth-order valence-corrected chi connectivity index (χ4v) is 3.83. The third-order valence-electron chi connectivity index (χ3n) is 3.60. The topological polar surface area (TPSA) is 100.0 Å². The maximum Gasteiger partial charge on any atom is 0.229 e. The van der Waals surface area contributed by atoms with Gasteiger partial charge in [0, 0.05) is 22.9 Å². The molecule has 2 heterocycles. The Balaban J connectivity index is 2.01. The van der Waals surface area contributed by atoms with Gasteiger partial charge < -0.3 is 15.4 Å². The highest BCUT2D eigenvalue weighted by molar-refractivity contribution is 7.92. The number of hydrogen-bond acceptors (Lipinski definition) is 7. The monoisotopic (exact) mass is 333 g/mol. The van der Waals surface area contributed by atoms with Crippen LogP contribution >= 0.6 is 0 Å². The van der Waals surface area contributed by atoms with Gasteiger partial charge in [-0.15, -0.1) is 0 Å². The highest BCUT2D eigenvalue weighted by Crippen LogP contribution is 2.25. The van der Waals surface area contributed by atoms with Crippen molar-refractivity contribution in [1.82, 2.24) is 9.97 Å². The molecule has 4 bridgehead atoms. The summed E-state index contributed by atoms with van der Waals surface area (Å²) in [5.41, 5.74) is 0.706. The second-order valence-electron chi connectivity index (χ2n) is 5.28. The molecule has 0 aliphatic carbocycles. The molecule has 23 heavy (non-hydrogen) atoms. The zero-order valence-corrected chi connectivity index (χ0v) is 13.7. The van der Waals surface area contributed by atoms with Crippen molar-refractivity contribution >= 4 is 27.2 Å². The summed E-state index contributed by atoms with van der Waals surface area (Å²) in [4.78, 5) is 9.17. The molecule has 0 fully saturated rings. The second kappa shape index (κ2) is 6.41. The van der Waals surface area contributed by atoms with E-state index in [1.54, 1.807) is 31.5 Å². The van der Waals surface area contributed by atoms with E-state index in [9.17, 15) is 4.21 Å². The lowest BCUT2D eigenvalue weighted by molar-refractivity contribution is 0.413. The number of nitrogens with zero attached hydrogens (tertiary/aromatic N) is 2. The summed E-state index contributed by atoms with van der Waals surface area (Å²) in [6.07, 6.45) is 3.10. The number of anilines is 3. The number of hydrogen-bond donors (Lipinski definition) is 3. The first-order chi connectivity index (χ1) is 11.1. The molecule has 2 aromatic rings. The molecule has 1 atom stereocenters. The van der Waals surface area contributed by atoms with Gasteiger partial charge >= 0.3 is 0 Å². The predicted octanol–water partition coefficient (Wildman–Crippen LogP) is 2.84. The Kier molecular flexibility index (Phi) is 4.33. The first kappa shape index (κ1) is 15.5. The molecule has 1 aromatic carbocycles. The van der Waals surface area contributed by atoms with Crippen LogP contribution in [0.2, 0.25) is 0 Å². The van der Waals surface area contributed by atoms with Crippen LogP contribution in [0.1, 0.15) is 12.8 Å². The minimum Gasteiger partial charge on any atom is -0.491 e. The first-order valence-corrected chi connectivity index (χ1v) is 9.10. The molecule has 0 saturated heterocycles. The summed E-state index contributed by atoms with van der Waals surface area (Å²) < 4.78 is 26.0. The molecule has 0 spiro atoms. The number of fused-ring (bicyclic) bond motifs is 4. The molecule has 0 saturated carbocycles. The molecule has 0 radical (unpaired) electrons. The lowest BCUT2D eigenvalue weighted by atomic mass is 10.3. The summed E-state index contributed by atoms with van der Waals surface area (Å²) in [6.45, 7) is 0.667. The number of methoxy groups -OCH3 is 1. The molecule has 3 N–H and O–H groups in total. The van der Waals surface area contributed by atoms with E-state index in [1.807, 2.05) is 6.07 Å². The number of aromatic nitrogens is 2. The van der Waals surface area contributed by atoms with Gasteiger partial charge in [0.25, 0.3) is 0 Å². The Bertz CT molecular complexity index is 807. The molecule has 3 rings (SSSR count). The van der Waals surface area contributed by atoms with E-state index in [2.05, 4.69) is 20.6 Å². The zero-order chi connectivity index (χ0) is 16.3. The Morgan fingerprint density at radius 2 is 2.22 bits per heavy atom. The molecule has 1 aliphatic heterocycles. The summed E-state index contributed by atoms with van der Waals surface area (Å²) in [6, 6.07) is 7.08. The second-order valence-corrected chi connectivity index (χ2v) is 7.51. The maximum atomic E-state index is 12.6. The molecular formula is C15H19N5O2S. The van der Waals surface area contributed by atoms with E-state index in [-0.39, 0.29) is 0 Å². The van der Waals surface area contributed by atoms with Gasteiger partial charge in [-0.2, -0.15) is 4.98 Å². The normalized spacial score (nSPS) is 20.9. The van der Waals surface area contributed by atoms with Crippen molar-refractivity contribution in [3.05, 3.63) is 30.5 Å². The summed E-state index contributed by atoms with van der Waals surface area (Å²) >= 11 is 0. The van der Waals surface area contributed by atoms with Crippen LogP contribution in [0.15, 0.2) is 35.4 Å². The molecule has 1 aliphatic rings. The molecular weight excluding hydrogens is 314 g/mol. The Morgan fingerprint density at radius 1 is 1.35 bits per heavy atom. The van der Waals surface area contributed by atoms with Crippen molar-refractivity contribution in [3.63, 3.8) is 0 Å². The van der Waals surface area contributed by atoms with Crippen LogP contribution in [0.5, 0.6) is 5.75 Å². The van der Waals surface area contributed by atoms with Crippen LogP contribution in [-0.2, 0) is 9.73 Å². The number of benzene rings is 1. The smallest absolute Gasteiger partial charge is 0.229 e. The minimum atomic E-state index is -2.78. The van der Waals surface area contributed by atoms with E-state index in [1.165, 1.54) is 0 Å². The molecule has 7 nitrogen and oxygen atoms in total. The largest absolute Gasteiger partial charge is 0.491 e. The van der Waals surface area contributed by atoms with Gasteiger partial charge in [-0.05, 0) is 31.0 Å². The Hall–Kier alpha value is -2.35. The molecule has 122 valence electrons. The Labute approximate surface area is 135 Å². The van der Waals surface area contributed by atoms with E-state index in [0.29, 0.717) is 46.8 Å². The first-order valence-electron chi connectivity index (χ1n) is 7.37. The predicted molar refractivity (Wildman–Crippen MR) is 90.0 cm³/mol. The van der Waals surface area contributed by atoms with Gasteiger partial charge in [0.2, 0.25) is 5.95 Å². The number of nitrogens with one attached hydrogen (secondary N) is 3. The van der Waals surface area contributed by atoms with Crippen LogP contribution in [0.25, 0.3) is 0 Å². The van der Waals surface area contributed by atoms with E-state index < -0.39 is 9.73 Å². The van der Waals surface area contributed by atoms with Crippen molar-refractivity contribution in [2.24, 2.45) is 0 Å². The number of rotatable bonds is 1. The van der Waals surface area contributed by atoms with Gasteiger partial charge in [0.15, 0.2) is 11.6 Å². The fourth-order valence-electron chi connectivity index (χ4n) is 2.37. The van der Waals surface area contributed by atoms with Crippen molar-refractivity contribution < 1.29 is 8.95 Å². The highest BCUT2D eigenvalue weighted by Gasteiger charge is 2.13. The third-order valence-corrected chi connectivity index (χ3v) is 5.48. The van der Waals surface area contributed by atoms with Crippen LogP contribution < -0.4 is 15.4 Å². The molecule has 1 aromatic heterocycles. The van der Waals surface area contributed by atoms with Crippen LogP contribution in [-0.4, -0.2) is 33.6 Å². The lowest BCUT2D eigenvalue weighted by Crippen LogP contribution is -2.09. The SMILES string of the molecule is COc1cnc2nc1NCCCCS(=N)(=O)c1cccc(c1)N2. The quantitative estimate of drug-likeness (QED) is 0.742. The van der Waals surface area contributed by atoms with Crippen molar-refractivity contribution in [2.75, 3.05) is 30.0 Å². The third kappa shape index (κ3) is 3.53. The van der Waals surface area contributed by atoms with Gasteiger partial charge in [-0.3, -0.25) is 0 Å². The van der Waals surface area contributed by atoms with Crippen molar-refractivity contribution in [2.45, 2.75) is 17.7 Å². The molecule has 0 amide bonds. The summed E-state index contributed by atoms with van der Waals surface area (Å²) in [5.74, 6) is 1.95. The van der Waals surface area contributed by atoms with Crippen LogP contribution in [0, 0.1) is 4.78 Å². The maximum absolute atomic E-state index is 12.6. The minimum absolute atomic E-state index is 0.346. The van der Waals surface area contributed by atoms with Gasteiger partial charge in [0.1, 0.15) is 0 Å². The fraction of sp³-hybridized carbons (Fsp3) is 0.333. The molecule has 1 unspecified atom stereocenters. The van der Waals surface area contributed by atoms with Crippen LogP contribution in [0.4, 0.5) is 17.5 Å². The van der Waals surface area contributed by atoms with Crippen molar-refractivity contribution in [1.29, 1.82) is 4.78 Å². The van der Waals surface area contributed by atoms with Crippen molar-refractivity contribution in [3.8, 4) is 5.75 Å². The van der Waals surface area contributed by atoms with Gasteiger partial charge in [-0.25, -0.2) is 14.0 Å². The Morgan fingerprint density at radius 3 is 3.04 bits per heavy atom. The van der Waals surface area contributed by atoms with Gasteiger partial charge in [-0.1, -0.05) is 6.07 Å². The molecule has 8 heteroatoms. The number of ether oxygens (including phenoxy) is 1. The van der Waals surface area contributed by atoms with E-state index in [4.69, 9.17) is 9.52 Å². The highest BCUT2D eigenvalue weighted by atomic mass is 32.2. The lowest BCUT2D eigenvalue weighted by Gasteiger charge is -2.11.